The van der Waals surface area contributed by atoms with Gasteiger partial charge >= 0.3 is 7.12 Å². The van der Waals surface area contributed by atoms with Crippen LogP contribution in [0.25, 0.3) is 6.08 Å². The summed E-state index contributed by atoms with van der Waals surface area (Å²) in [6, 6.07) is 5.87. The van der Waals surface area contributed by atoms with Gasteiger partial charge in [0.1, 0.15) is 0 Å². The second-order valence-corrected chi connectivity index (χ2v) is 6.49. The van der Waals surface area contributed by atoms with Crippen LogP contribution in [-0.4, -0.2) is 23.3 Å². The third kappa shape index (κ3) is 3.54. The summed E-state index contributed by atoms with van der Waals surface area (Å²) < 4.78 is 11.8. The smallest absolute Gasteiger partial charge is 0.400 e. The average Bonchev–Trinajstić information content (AvgIpc) is 2.64. The van der Waals surface area contributed by atoms with Crippen molar-refractivity contribution in [3.05, 3.63) is 35.6 Å². The third-order valence-corrected chi connectivity index (χ3v) is 4.31. The van der Waals surface area contributed by atoms with E-state index in [1.807, 2.05) is 57.9 Å². The first-order valence-corrected chi connectivity index (χ1v) is 7.51. The maximum Gasteiger partial charge on any atom is 0.487 e. The minimum Gasteiger partial charge on any atom is -0.400 e. The highest BCUT2D eigenvalue weighted by atomic mass is 16.7. The van der Waals surface area contributed by atoms with Crippen LogP contribution in [0.15, 0.2) is 24.2 Å². The monoisotopic (exact) mass is 288 g/mol. The van der Waals surface area contributed by atoms with Gasteiger partial charge in [0.25, 0.3) is 0 Å². The molecule has 2 heterocycles. The van der Waals surface area contributed by atoms with E-state index in [4.69, 9.17) is 15.0 Å². The molecule has 0 saturated carbocycles. The van der Waals surface area contributed by atoms with Crippen molar-refractivity contribution in [2.45, 2.75) is 58.3 Å². The van der Waals surface area contributed by atoms with Crippen molar-refractivity contribution in [1.82, 2.24) is 4.98 Å². The fourth-order valence-corrected chi connectivity index (χ4v) is 2.12. The molecule has 1 aromatic rings. The zero-order valence-electron chi connectivity index (χ0n) is 13.6. The molecule has 1 aliphatic heterocycles. The number of nitrogens with zero attached hydrogens (tertiary/aromatic N) is 1. The van der Waals surface area contributed by atoms with E-state index in [-0.39, 0.29) is 24.4 Å². The molecule has 0 unspecified atom stereocenters. The largest absolute Gasteiger partial charge is 0.487 e. The molecule has 0 amide bonds. The van der Waals surface area contributed by atoms with E-state index < -0.39 is 0 Å². The lowest BCUT2D eigenvalue weighted by atomic mass is 9.89. The standard InChI is InChI=1S/C16H25BN2O2/c1-6-13(18)14-9-7-8-12(19-14)10-11-17-20-15(2,3)16(4,5)21-17/h7-11,13H,6,18H2,1-5H3/b11-10+/t13-/m0/s1. The molecule has 1 aromatic heterocycles. The molecule has 1 fully saturated rings. The maximum absolute atomic E-state index is 6.02. The number of aromatic nitrogens is 1. The Bertz CT molecular complexity index is 513. The quantitative estimate of drug-likeness (QED) is 0.865. The molecule has 0 bridgehead atoms. The maximum atomic E-state index is 6.02. The second kappa shape index (κ2) is 5.91. The molecule has 114 valence electrons. The lowest BCUT2D eigenvalue weighted by Crippen LogP contribution is -2.41. The normalized spacial score (nSPS) is 21.9. The van der Waals surface area contributed by atoms with Gasteiger partial charge in [-0.2, -0.15) is 0 Å². The van der Waals surface area contributed by atoms with Gasteiger partial charge in [-0.25, -0.2) is 0 Å². The topological polar surface area (TPSA) is 57.4 Å². The fraction of sp³-hybridized carbons (Fsp3) is 0.562. The van der Waals surface area contributed by atoms with Gasteiger partial charge in [0.05, 0.1) is 22.6 Å². The molecule has 0 aromatic carbocycles. The Labute approximate surface area is 127 Å². The summed E-state index contributed by atoms with van der Waals surface area (Å²) in [5.41, 5.74) is 7.16. The summed E-state index contributed by atoms with van der Waals surface area (Å²) in [5.74, 6) is 1.90. The zero-order chi connectivity index (χ0) is 15.7. The summed E-state index contributed by atoms with van der Waals surface area (Å²) >= 11 is 0. The first-order chi connectivity index (χ1) is 9.75. The van der Waals surface area contributed by atoms with E-state index in [0.29, 0.717) is 0 Å². The fourth-order valence-electron chi connectivity index (χ4n) is 2.12. The summed E-state index contributed by atoms with van der Waals surface area (Å²) in [4.78, 5) is 4.55. The predicted molar refractivity (Wildman–Crippen MR) is 86.6 cm³/mol. The van der Waals surface area contributed by atoms with Crippen LogP contribution in [-0.2, 0) is 9.31 Å². The lowest BCUT2D eigenvalue weighted by molar-refractivity contribution is 0.00578. The SMILES string of the molecule is CC[C@H](N)c1cccc(/C=C/B2OC(C)(C)C(C)(C)O2)n1. The number of rotatable bonds is 4. The lowest BCUT2D eigenvalue weighted by Gasteiger charge is -2.32. The molecule has 5 heteroatoms. The van der Waals surface area contributed by atoms with Crippen molar-refractivity contribution < 1.29 is 9.31 Å². The van der Waals surface area contributed by atoms with Crippen molar-refractivity contribution in [3.8, 4) is 0 Å². The number of nitrogens with two attached hydrogens (primary N) is 1. The first-order valence-electron chi connectivity index (χ1n) is 7.51. The van der Waals surface area contributed by atoms with Gasteiger partial charge in [0.15, 0.2) is 0 Å². The Morgan fingerprint density at radius 3 is 2.43 bits per heavy atom. The van der Waals surface area contributed by atoms with Crippen LogP contribution in [0, 0.1) is 0 Å². The Balaban J connectivity index is 2.09. The molecule has 4 nitrogen and oxygen atoms in total. The molecular weight excluding hydrogens is 263 g/mol. The van der Waals surface area contributed by atoms with Gasteiger partial charge < -0.3 is 15.0 Å². The Morgan fingerprint density at radius 1 is 1.24 bits per heavy atom. The van der Waals surface area contributed by atoms with Gasteiger partial charge in [-0.1, -0.05) is 19.0 Å². The minimum atomic E-state index is -0.347. The number of pyridine rings is 1. The number of hydrogen-bond donors (Lipinski definition) is 1. The molecule has 0 aliphatic carbocycles. The first kappa shape index (κ1) is 16.2. The predicted octanol–water partition coefficient (Wildman–Crippen LogP) is 3.14. The van der Waals surface area contributed by atoms with Crippen molar-refractivity contribution in [1.29, 1.82) is 0 Å². The zero-order valence-corrected chi connectivity index (χ0v) is 13.6. The Hall–Kier alpha value is -1.17. The molecule has 0 radical (unpaired) electrons. The Kier molecular flexibility index (Phi) is 4.56. The highest BCUT2D eigenvalue weighted by molar-refractivity contribution is 6.52. The van der Waals surface area contributed by atoms with Gasteiger partial charge in [0, 0.05) is 6.04 Å². The summed E-state index contributed by atoms with van der Waals surface area (Å²) in [5, 5.41) is 0. The summed E-state index contributed by atoms with van der Waals surface area (Å²) in [6.07, 6.45) is 2.80. The van der Waals surface area contributed by atoms with Crippen LogP contribution in [0.1, 0.15) is 58.5 Å². The summed E-state index contributed by atoms with van der Waals surface area (Å²) in [7, 11) is -0.347. The van der Waals surface area contributed by atoms with Crippen LogP contribution in [0.2, 0.25) is 0 Å². The minimum absolute atomic E-state index is 0.0183. The molecule has 1 atom stereocenters. The van der Waals surface area contributed by atoms with Crippen LogP contribution < -0.4 is 5.73 Å². The van der Waals surface area contributed by atoms with E-state index in [2.05, 4.69) is 11.9 Å². The molecule has 2 rings (SSSR count). The molecule has 0 spiro atoms. The molecule has 1 saturated heterocycles. The Morgan fingerprint density at radius 2 is 1.86 bits per heavy atom. The van der Waals surface area contributed by atoms with Crippen molar-refractivity contribution in [3.63, 3.8) is 0 Å². The average molecular weight is 288 g/mol. The van der Waals surface area contributed by atoms with Gasteiger partial charge in [-0.15, -0.1) is 0 Å². The molecule has 2 N–H and O–H groups in total. The van der Waals surface area contributed by atoms with Gasteiger partial charge in [0.2, 0.25) is 0 Å². The van der Waals surface area contributed by atoms with E-state index in [1.165, 1.54) is 0 Å². The van der Waals surface area contributed by atoms with E-state index in [1.54, 1.807) is 0 Å². The van der Waals surface area contributed by atoms with Crippen molar-refractivity contribution >= 4 is 13.2 Å². The van der Waals surface area contributed by atoms with Crippen LogP contribution in [0.3, 0.4) is 0 Å². The van der Waals surface area contributed by atoms with E-state index >= 15 is 0 Å². The number of hydrogen-bond acceptors (Lipinski definition) is 4. The third-order valence-electron chi connectivity index (χ3n) is 4.31. The molecule has 21 heavy (non-hydrogen) atoms. The van der Waals surface area contributed by atoms with Gasteiger partial charge in [-0.05, 0) is 52.3 Å². The van der Waals surface area contributed by atoms with E-state index in [0.717, 1.165) is 17.8 Å². The molecule has 1 aliphatic rings. The van der Waals surface area contributed by atoms with Crippen LogP contribution in [0.4, 0.5) is 0 Å². The van der Waals surface area contributed by atoms with Crippen LogP contribution in [0.5, 0.6) is 0 Å². The van der Waals surface area contributed by atoms with Gasteiger partial charge in [-0.3, -0.25) is 4.98 Å². The van der Waals surface area contributed by atoms with Crippen molar-refractivity contribution in [2.24, 2.45) is 5.73 Å². The highest BCUT2D eigenvalue weighted by Gasteiger charge is 2.49. The summed E-state index contributed by atoms with van der Waals surface area (Å²) in [6.45, 7) is 10.2. The molecular formula is C16H25BN2O2. The van der Waals surface area contributed by atoms with E-state index in [9.17, 15) is 0 Å². The van der Waals surface area contributed by atoms with Crippen LogP contribution >= 0.6 is 0 Å². The highest BCUT2D eigenvalue weighted by Crippen LogP contribution is 2.36. The van der Waals surface area contributed by atoms with Crippen molar-refractivity contribution in [2.75, 3.05) is 0 Å². The second-order valence-electron chi connectivity index (χ2n) is 6.49.